The highest BCUT2D eigenvalue weighted by atomic mass is 32.2. The van der Waals surface area contributed by atoms with E-state index in [2.05, 4.69) is 24.0 Å². The van der Waals surface area contributed by atoms with E-state index < -0.39 is 9.84 Å². The van der Waals surface area contributed by atoms with Gasteiger partial charge in [0.05, 0.1) is 18.6 Å². The number of methoxy groups -OCH3 is 1. The number of sulfone groups is 1. The molecule has 0 aromatic heterocycles. The SMILES string of the molecule is COc1ccc(C(C)CN2CC(C3CS(=O)(=O)C3)C2)cc1. The molecule has 2 heterocycles. The molecule has 5 heteroatoms. The minimum Gasteiger partial charge on any atom is -0.497 e. The highest BCUT2D eigenvalue weighted by Crippen LogP contribution is 2.33. The summed E-state index contributed by atoms with van der Waals surface area (Å²) in [5.41, 5.74) is 1.32. The van der Waals surface area contributed by atoms with Crippen LogP contribution in [0.25, 0.3) is 0 Å². The van der Waals surface area contributed by atoms with Crippen LogP contribution in [-0.2, 0) is 9.84 Å². The first-order chi connectivity index (χ1) is 9.97. The van der Waals surface area contributed by atoms with Crippen molar-refractivity contribution in [3.63, 3.8) is 0 Å². The minimum atomic E-state index is -2.67. The van der Waals surface area contributed by atoms with Crippen LogP contribution in [0.4, 0.5) is 0 Å². The van der Waals surface area contributed by atoms with Crippen LogP contribution in [0.1, 0.15) is 18.4 Å². The van der Waals surface area contributed by atoms with Crippen LogP contribution >= 0.6 is 0 Å². The number of rotatable bonds is 5. The average molecular weight is 309 g/mol. The Bertz CT molecular complexity index is 578. The van der Waals surface area contributed by atoms with E-state index in [9.17, 15) is 8.42 Å². The van der Waals surface area contributed by atoms with Gasteiger partial charge in [0.2, 0.25) is 0 Å². The molecule has 4 nitrogen and oxygen atoms in total. The largest absolute Gasteiger partial charge is 0.497 e. The summed E-state index contributed by atoms with van der Waals surface area (Å²) in [5, 5.41) is 0. The maximum atomic E-state index is 11.2. The Morgan fingerprint density at radius 3 is 2.33 bits per heavy atom. The summed E-state index contributed by atoms with van der Waals surface area (Å²) in [6, 6.07) is 8.26. The summed E-state index contributed by atoms with van der Waals surface area (Å²) in [6.07, 6.45) is 0. The standard InChI is InChI=1S/C16H23NO3S/c1-12(13-3-5-16(20-2)6-4-13)7-17-8-14(9-17)15-10-21(18,19)11-15/h3-6,12,14-15H,7-11H2,1-2H3. The molecule has 21 heavy (non-hydrogen) atoms. The fourth-order valence-corrected chi connectivity index (χ4v) is 5.11. The van der Waals surface area contributed by atoms with Gasteiger partial charge in [0, 0.05) is 19.6 Å². The molecule has 116 valence electrons. The summed E-state index contributed by atoms with van der Waals surface area (Å²) < 4.78 is 27.6. The Morgan fingerprint density at radius 1 is 1.19 bits per heavy atom. The topological polar surface area (TPSA) is 46.6 Å². The third kappa shape index (κ3) is 3.24. The first kappa shape index (κ1) is 14.9. The van der Waals surface area contributed by atoms with Crippen molar-refractivity contribution in [3.05, 3.63) is 29.8 Å². The van der Waals surface area contributed by atoms with E-state index >= 15 is 0 Å². The van der Waals surface area contributed by atoms with Gasteiger partial charge in [-0.3, -0.25) is 0 Å². The summed E-state index contributed by atoms with van der Waals surface area (Å²) in [4.78, 5) is 2.44. The molecule has 1 aromatic carbocycles. The zero-order chi connectivity index (χ0) is 15.0. The maximum absolute atomic E-state index is 11.2. The van der Waals surface area contributed by atoms with Crippen LogP contribution in [-0.4, -0.2) is 51.6 Å². The predicted octanol–water partition coefficient (Wildman–Crippen LogP) is 1.78. The molecule has 0 radical (unpaired) electrons. The second-order valence-electron chi connectivity index (χ2n) is 6.49. The van der Waals surface area contributed by atoms with Gasteiger partial charge in [0.15, 0.2) is 9.84 Å². The van der Waals surface area contributed by atoms with E-state index in [1.54, 1.807) is 7.11 Å². The molecule has 0 N–H and O–H groups in total. The molecule has 0 aliphatic carbocycles. The fourth-order valence-electron chi connectivity index (χ4n) is 3.36. The monoisotopic (exact) mass is 309 g/mol. The zero-order valence-corrected chi connectivity index (χ0v) is 13.5. The molecule has 3 rings (SSSR count). The second kappa shape index (κ2) is 5.61. The Morgan fingerprint density at radius 2 is 1.81 bits per heavy atom. The number of nitrogens with zero attached hydrogens (tertiary/aromatic N) is 1. The molecule has 1 unspecified atom stereocenters. The summed E-state index contributed by atoms with van der Waals surface area (Å²) >= 11 is 0. The number of hydrogen-bond acceptors (Lipinski definition) is 4. The maximum Gasteiger partial charge on any atom is 0.150 e. The van der Waals surface area contributed by atoms with Gasteiger partial charge in [0.25, 0.3) is 0 Å². The summed E-state index contributed by atoms with van der Waals surface area (Å²) in [7, 11) is -0.993. The van der Waals surface area contributed by atoms with E-state index in [0.717, 1.165) is 25.4 Å². The van der Waals surface area contributed by atoms with Crippen LogP contribution in [0.2, 0.25) is 0 Å². The van der Waals surface area contributed by atoms with Gasteiger partial charge in [-0.05, 0) is 35.4 Å². The van der Waals surface area contributed by atoms with Crippen molar-refractivity contribution in [2.24, 2.45) is 11.8 Å². The van der Waals surface area contributed by atoms with E-state index in [1.807, 2.05) is 12.1 Å². The van der Waals surface area contributed by atoms with Crippen LogP contribution < -0.4 is 4.74 Å². The van der Waals surface area contributed by atoms with E-state index in [-0.39, 0.29) is 0 Å². The molecule has 1 atom stereocenters. The summed E-state index contributed by atoms with van der Waals surface area (Å²) in [5.74, 6) is 3.22. The Hall–Kier alpha value is -1.07. The Kier molecular flexibility index (Phi) is 3.97. The lowest BCUT2D eigenvalue weighted by molar-refractivity contribution is 0.0616. The molecule has 0 saturated carbocycles. The lowest BCUT2D eigenvalue weighted by atomic mass is 9.86. The van der Waals surface area contributed by atoms with Gasteiger partial charge in [-0.1, -0.05) is 19.1 Å². The van der Waals surface area contributed by atoms with E-state index in [4.69, 9.17) is 4.74 Å². The third-order valence-corrected chi connectivity index (χ3v) is 6.68. The van der Waals surface area contributed by atoms with E-state index in [1.165, 1.54) is 5.56 Å². The van der Waals surface area contributed by atoms with Gasteiger partial charge in [-0.2, -0.15) is 0 Å². The average Bonchev–Trinajstić information content (AvgIpc) is 2.39. The van der Waals surface area contributed by atoms with Crippen LogP contribution in [0.5, 0.6) is 5.75 Å². The van der Waals surface area contributed by atoms with Crippen molar-refractivity contribution in [2.75, 3.05) is 38.2 Å². The molecule has 2 saturated heterocycles. The molecule has 0 spiro atoms. The van der Waals surface area contributed by atoms with Gasteiger partial charge < -0.3 is 9.64 Å². The van der Waals surface area contributed by atoms with Crippen molar-refractivity contribution in [1.82, 2.24) is 4.90 Å². The third-order valence-electron chi connectivity index (χ3n) is 4.80. The van der Waals surface area contributed by atoms with Crippen LogP contribution in [0.15, 0.2) is 24.3 Å². The minimum absolute atomic E-state index is 0.416. The highest BCUT2D eigenvalue weighted by Gasteiger charge is 2.43. The number of ether oxygens (including phenoxy) is 1. The van der Waals surface area contributed by atoms with Gasteiger partial charge in [0.1, 0.15) is 5.75 Å². The first-order valence-electron chi connectivity index (χ1n) is 7.53. The smallest absolute Gasteiger partial charge is 0.150 e. The summed E-state index contributed by atoms with van der Waals surface area (Å²) in [6.45, 7) is 5.40. The van der Waals surface area contributed by atoms with Crippen molar-refractivity contribution >= 4 is 9.84 Å². The second-order valence-corrected chi connectivity index (χ2v) is 8.64. The molecular weight excluding hydrogens is 286 g/mol. The van der Waals surface area contributed by atoms with Gasteiger partial charge >= 0.3 is 0 Å². The molecular formula is C16H23NO3S. The number of likely N-dealkylation sites (tertiary alicyclic amines) is 1. The van der Waals surface area contributed by atoms with E-state index in [0.29, 0.717) is 29.3 Å². The molecule has 2 fully saturated rings. The van der Waals surface area contributed by atoms with Crippen LogP contribution in [0, 0.1) is 11.8 Å². The van der Waals surface area contributed by atoms with Crippen molar-refractivity contribution in [1.29, 1.82) is 0 Å². The van der Waals surface area contributed by atoms with Crippen molar-refractivity contribution in [2.45, 2.75) is 12.8 Å². The molecule has 0 bridgehead atoms. The lowest BCUT2D eigenvalue weighted by Crippen LogP contribution is -2.56. The van der Waals surface area contributed by atoms with Crippen LogP contribution in [0.3, 0.4) is 0 Å². The fraction of sp³-hybridized carbons (Fsp3) is 0.625. The van der Waals surface area contributed by atoms with Gasteiger partial charge in [-0.15, -0.1) is 0 Å². The molecule has 1 aromatic rings. The quantitative estimate of drug-likeness (QED) is 0.832. The Balaban J connectivity index is 1.45. The lowest BCUT2D eigenvalue weighted by Gasteiger charge is -2.47. The predicted molar refractivity (Wildman–Crippen MR) is 83.5 cm³/mol. The van der Waals surface area contributed by atoms with Crippen molar-refractivity contribution in [3.8, 4) is 5.75 Å². The molecule has 2 aliphatic rings. The van der Waals surface area contributed by atoms with Gasteiger partial charge in [-0.25, -0.2) is 8.42 Å². The highest BCUT2D eigenvalue weighted by molar-refractivity contribution is 7.92. The number of hydrogen-bond donors (Lipinski definition) is 0. The normalized spacial score (nSPS) is 24.1. The Labute approximate surface area is 127 Å². The molecule has 0 amide bonds. The molecule has 2 aliphatic heterocycles. The number of benzene rings is 1. The zero-order valence-electron chi connectivity index (χ0n) is 12.7. The van der Waals surface area contributed by atoms with Crippen molar-refractivity contribution < 1.29 is 13.2 Å². The first-order valence-corrected chi connectivity index (χ1v) is 9.36.